The number of rotatable bonds is 2. The molecule has 0 spiro atoms. The quantitative estimate of drug-likeness (QED) is 0.421. The zero-order chi connectivity index (χ0) is 21.0. The van der Waals surface area contributed by atoms with Gasteiger partial charge in [-0.05, 0) is 60.4 Å². The lowest BCUT2D eigenvalue weighted by Crippen LogP contribution is -2.38. The lowest BCUT2D eigenvalue weighted by molar-refractivity contribution is 0.0930. The van der Waals surface area contributed by atoms with Gasteiger partial charge in [0.2, 0.25) is 0 Å². The Kier molecular flexibility index (Phi) is 4.82. The van der Waals surface area contributed by atoms with Crippen molar-refractivity contribution in [3.8, 4) is 11.3 Å². The van der Waals surface area contributed by atoms with Crippen molar-refractivity contribution < 1.29 is 9.21 Å². The average Bonchev–Trinajstić information content (AvgIpc) is 3.32. The lowest BCUT2D eigenvalue weighted by atomic mass is 9.72. The predicted octanol–water partition coefficient (Wildman–Crippen LogP) is 6.78. The molecule has 1 aliphatic heterocycles. The molecule has 2 atom stereocenters. The number of furan rings is 1. The Morgan fingerprint density at radius 2 is 1.87 bits per heavy atom. The summed E-state index contributed by atoms with van der Waals surface area (Å²) in [5.41, 5.74) is 3.39. The van der Waals surface area contributed by atoms with Crippen LogP contribution >= 0.6 is 27.3 Å². The summed E-state index contributed by atoms with van der Waals surface area (Å²) < 4.78 is 7.12. The maximum atomic E-state index is 13.0. The van der Waals surface area contributed by atoms with Crippen molar-refractivity contribution in [1.82, 2.24) is 5.32 Å². The fourth-order valence-electron chi connectivity index (χ4n) is 4.46. The molecule has 3 heterocycles. The summed E-state index contributed by atoms with van der Waals surface area (Å²) in [4.78, 5) is 14.4. The summed E-state index contributed by atoms with van der Waals surface area (Å²) in [5, 5.41) is 7.59. The standard InChI is InChI=1S/C24H25BrN2O2S/c1-24(2,3)14-6-9-16-19(12-14)30-23-20(16)22(28)26-21(27-23)18-11-10-17(29-18)13-4-7-15(25)8-5-13/h4-5,7-8,10-11,14,21,27H,6,9,12H2,1-3H3,(H,26,28)/t14-,21-/m0/s1. The molecule has 30 heavy (non-hydrogen) atoms. The third-order valence-electron chi connectivity index (χ3n) is 6.31. The van der Waals surface area contributed by atoms with E-state index in [1.807, 2.05) is 36.4 Å². The lowest BCUT2D eigenvalue weighted by Gasteiger charge is -2.34. The van der Waals surface area contributed by atoms with Gasteiger partial charge in [0.05, 0.1) is 5.56 Å². The molecule has 5 rings (SSSR count). The van der Waals surface area contributed by atoms with E-state index < -0.39 is 0 Å². The Morgan fingerprint density at radius 3 is 2.60 bits per heavy atom. The van der Waals surface area contributed by atoms with Crippen LogP contribution in [0.5, 0.6) is 0 Å². The van der Waals surface area contributed by atoms with Gasteiger partial charge in [-0.15, -0.1) is 11.3 Å². The molecule has 0 saturated carbocycles. The summed E-state index contributed by atoms with van der Waals surface area (Å²) in [6, 6.07) is 11.9. The van der Waals surface area contributed by atoms with Crippen LogP contribution in [-0.2, 0) is 12.8 Å². The topological polar surface area (TPSA) is 54.3 Å². The molecule has 1 amide bonds. The number of halogens is 1. The molecule has 0 fully saturated rings. The number of carbonyl (C=O) groups is 1. The minimum Gasteiger partial charge on any atom is -0.457 e. The van der Waals surface area contributed by atoms with E-state index in [9.17, 15) is 4.79 Å². The van der Waals surface area contributed by atoms with E-state index in [-0.39, 0.29) is 17.5 Å². The van der Waals surface area contributed by atoms with Gasteiger partial charge in [0.15, 0.2) is 6.17 Å². The van der Waals surface area contributed by atoms with E-state index in [2.05, 4.69) is 47.3 Å². The number of carbonyl (C=O) groups excluding carboxylic acids is 1. The van der Waals surface area contributed by atoms with Crippen LogP contribution in [0.15, 0.2) is 45.3 Å². The van der Waals surface area contributed by atoms with Crippen LogP contribution < -0.4 is 10.6 Å². The second-order valence-corrected chi connectivity index (χ2v) is 11.3. The Balaban J connectivity index is 1.41. The molecule has 2 aromatic heterocycles. The third kappa shape index (κ3) is 3.50. The van der Waals surface area contributed by atoms with E-state index >= 15 is 0 Å². The molecule has 0 radical (unpaired) electrons. The van der Waals surface area contributed by atoms with E-state index in [1.165, 1.54) is 10.4 Å². The number of hydrogen-bond donors (Lipinski definition) is 2. The van der Waals surface area contributed by atoms with Crippen LogP contribution in [-0.4, -0.2) is 5.91 Å². The fraction of sp³-hybridized carbons (Fsp3) is 0.375. The van der Waals surface area contributed by atoms with Crippen LogP contribution in [0.1, 0.15) is 59.9 Å². The Bertz CT molecular complexity index is 1110. The molecule has 6 heteroatoms. The molecule has 3 aromatic rings. The molecular formula is C24H25BrN2O2S. The summed E-state index contributed by atoms with van der Waals surface area (Å²) >= 11 is 5.20. The molecule has 4 nitrogen and oxygen atoms in total. The van der Waals surface area contributed by atoms with Gasteiger partial charge in [-0.2, -0.15) is 0 Å². The van der Waals surface area contributed by atoms with Crippen molar-refractivity contribution >= 4 is 38.2 Å². The molecule has 1 aromatic carbocycles. The van der Waals surface area contributed by atoms with Gasteiger partial charge in [0.1, 0.15) is 16.5 Å². The van der Waals surface area contributed by atoms with Crippen LogP contribution in [0.4, 0.5) is 5.00 Å². The van der Waals surface area contributed by atoms with Crippen molar-refractivity contribution in [2.45, 2.75) is 46.2 Å². The Hall–Kier alpha value is -2.05. The van der Waals surface area contributed by atoms with Crippen molar-refractivity contribution in [1.29, 1.82) is 0 Å². The van der Waals surface area contributed by atoms with Gasteiger partial charge < -0.3 is 15.1 Å². The minimum absolute atomic E-state index is 0.00190. The van der Waals surface area contributed by atoms with Gasteiger partial charge in [0, 0.05) is 14.9 Å². The zero-order valence-corrected chi connectivity index (χ0v) is 19.7. The highest BCUT2D eigenvalue weighted by Crippen LogP contribution is 2.46. The third-order valence-corrected chi connectivity index (χ3v) is 8.02. The fourth-order valence-corrected chi connectivity index (χ4v) is 6.07. The van der Waals surface area contributed by atoms with Gasteiger partial charge in [-0.1, -0.05) is 48.8 Å². The maximum Gasteiger partial charge on any atom is 0.256 e. The van der Waals surface area contributed by atoms with Crippen molar-refractivity contribution in [3.63, 3.8) is 0 Å². The largest absolute Gasteiger partial charge is 0.457 e. The maximum absolute atomic E-state index is 13.0. The smallest absolute Gasteiger partial charge is 0.256 e. The Morgan fingerprint density at radius 1 is 1.10 bits per heavy atom. The minimum atomic E-state index is -0.354. The van der Waals surface area contributed by atoms with E-state index in [4.69, 9.17) is 4.42 Å². The van der Waals surface area contributed by atoms with Gasteiger partial charge in [-0.3, -0.25) is 4.79 Å². The normalized spacial score (nSPS) is 20.9. The zero-order valence-electron chi connectivity index (χ0n) is 17.3. The molecule has 0 saturated heterocycles. The van der Waals surface area contributed by atoms with Gasteiger partial charge in [0.25, 0.3) is 5.91 Å². The van der Waals surface area contributed by atoms with Crippen molar-refractivity contribution in [2.24, 2.45) is 11.3 Å². The Labute approximate surface area is 189 Å². The van der Waals surface area contributed by atoms with E-state index in [0.29, 0.717) is 11.7 Å². The molecule has 2 aliphatic rings. The second kappa shape index (κ2) is 7.27. The number of nitrogens with one attached hydrogen (secondary N) is 2. The highest BCUT2D eigenvalue weighted by molar-refractivity contribution is 9.10. The number of amides is 1. The molecule has 2 N–H and O–H groups in total. The average molecular weight is 485 g/mol. The van der Waals surface area contributed by atoms with Gasteiger partial charge in [-0.25, -0.2) is 0 Å². The summed E-state index contributed by atoms with van der Waals surface area (Å²) in [6.07, 6.45) is 2.83. The number of benzene rings is 1. The van der Waals surface area contributed by atoms with Crippen LogP contribution in [0.25, 0.3) is 11.3 Å². The van der Waals surface area contributed by atoms with E-state index in [1.54, 1.807) is 11.3 Å². The SMILES string of the molecule is CC(C)(C)[C@H]1CCc2c(sc3c2C(=O)N[C@H](c2ccc(-c4ccc(Br)cc4)o2)N3)C1. The first-order valence-electron chi connectivity index (χ1n) is 10.4. The highest BCUT2D eigenvalue weighted by Gasteiger charge is 2.37. The monoisotopic (exact) mass is 484 g/mol. The van der Waals surface area contributed by atoms with Crippen LogP contribution in [0, 0.1) is 11.3 Å². The number of fused-ring (bicyclic) bond motifs is 3. The summed E-state index contributed by atoms with van der Waals surface area (Å²) in [5.74, 6) is 2.16. The van der Waals surface area contributed by atoms with Gasteiger partial charge >= 0.3 is 0 Å². The number of thiophene rings is 1. The molecule has 0 unspecified atom stereocenters. The first-order chi connectivity index (χ1) is 14.3. The summed E-state index contributed by atoms with van der Waals surface area (Å²) in [6.45, 7) is 6.95. The highest BCUT2D eigenvalue weighted by atomic mass is 79.9. The summed E-state index contributed by atoms with van der Waals surface area (Å²) in [7, 11) is 0. The molecular weight excluding hydrogens is 460 g/mol. The molecule has 1 aliphatic carbocycles. The predicted molar refractivity (Wildman–Crippen MR) is 125 cm³/mol. The first-order valence-corrected chi connectivity index (χ1v) is 12.0. The van der Waals surface area contributed by atoms with Crippen LogP contribution in [0.3, 0.4) is 0 Å². The molecule has 0 bridgehead atoms. The van der Waals surface area contributed by atoms with E-state index in [0.717, 1.165) is 45.6 Å². The second-order valence-electron chi connectivity index (χ2n) is 9.27. The number of hydrogen-bond acceptors (Lipinski definition) is 4. The molecule has 156 valence electrons. The van der Waals surface area contributed by atoms with Crippen molar-refractivity contribution in [3.05, 3.63) is 62.6 Å². The van der Waals surface area contributed by atoms with Crippen LogP contribution in [0.2, 0.25) is 0 Å². The first kappa shape index (κ1) is 19.9. The van der Waals surface area contributed by atoms with Crippen molar-refractivity contribution in [2.75, 3.05) is 5.32 Å². The number of anilines is 1.